The number of hydrogen-bond acceptors (Lipinski definition) is 3. The number of rotatable bonds is 3. The van der Waals surface area contributed by atoms with E-state index in [4.69, 9.17) is 17.3 Å². The first kappa shape index (κ1) is 13.7. The lowest BCUT2D eigenvalue weighted by atomic mass is 9.96. The second-order valence-electron chi connectivity index (χ2n) is 5.20. The molecule has 1 aliphatic heterocycles. The first-order valence-electron chi connectivity index (χ1n) is 6.54. The van der Waals surface area contributed by atoms with Gasteiger partial charge in [-0.3, -0.25) is 4.90 Å². The summed E-state index contributed by atoms with van der Waals surface area (Å²) in [7, 11) is 0. The van der Waals surface area contributed by atoms with E-state index in [-0.39, 0.29) is 11.8 Å². The molecule has 1 saturated heterocycles. The van der Waals surface area contributed by atoms with E-state index < -0.39 is 0 Å². The minimum atomic E-state index is 0.0615. The Hall–Kier alpha value is -0.770. The Morgan fingerprint density at radius 1 is 1.56 bits per heavy atom. The number of aromatic hydroxyl groups is 1. The van der Waals surface area contributed by atoms with Crippen molar-refractivity contribution in [3.8, 4) is 5.75 Å². The molecule has 1 aliphatic rings. The van der Waals surface area contributed by atoms with Gasteiger partial charge in [-0.2, -0.15) is 0 Å². The molecular formula is C14H21ClN2O. The molecule has 2 atom stereocenters. The van der Waals surface area contributed by atoms with Crippen LogP contribution in [0.5, 0.6) is 5.75 Å². The molecule has 0 aliphatic carbocycles. The normalized spacial score (nSPS) is 22.9. The van der Waals surface area contributed by atoms with E-state index in [0.717, 1.165) is 18.7 Å². The van der Waals surface area contributed by atoms with Gasteiger partial charge >= 0.3 is 0 Å². The summed E-state index contributed by atoms with van der Waals surface area (Å²) in [4.78, 5) is 2.36. The van der Waals surface area contributed by atoms with Gasteiger partial charge in [0, 0.05) is 23.7 Å². The topological polar surface area (TPSA) is 49.5 Å². The van der Waals surface area contributed by atoms with Gasteiger partial charge in [0.15, 0.2) is 0 Å². The van der Waals surface area contributed by atoms with E-state index in [2.05, 4.69) is 11.8 Å². The van der Waals surface area contributed by atoms with E-state index in [1.54, 1.807) is 12.1 Å². The molecule has 1 heterocycles. The van der Waals surface area contributed by atoms with Crippen molar-refractivity contribution in [1.29, 1.82) is 0 Å². The van der Waals surface area contributed by atoms with Gasteiger partial charge in [0.05, 0.1) is 6.04 Å². The molecule has 0 bridgehead atoms. The summed E-state index contributed by atoms with van der Waals surface area (Å²) in [6.45, 7) is 4.84. The summed E-state index contributed by atoms with van der Waals surface area (Å²) in [6.07, 6.45) is 2.47. The van der Waals surface area contributed by atoms with E-state index in [9.17, 15) is 5.11 Å². The second-order valence-corrected chi connectivity index (χ2v) is 5.63. The zero-order valence-corrected chi connectivity index (χ0v) is 11.5. The SMILES string of the molecule is CC1CCCN(C(CN)c2cc(Cl)ccc2O)C1. The second kappa shape index (κ2) is 5.91. The predicted octanol–water partition coefficient (Wildman–Crippen LogP) is 2.78. The molecule has 2 rings (SSSR count). The molecule has 0 radical (unpaired) electrons. The van der Waals surface area contributed by atoms with Crippen molar-refractivity contribution in [3.05, 3.63) is 28.8 Å². The van der Waals surface area contributed by atoms with Crippen LogP contribution in [0.15, 0.2) is 18.2 Å². The quantitative estimate of drug-likeness (QED) is 0.886. The highest BCUT2D eigenvalue weighted by Gasteiger charge is 2.26. The Morgan fingerprint density at radius 2 is 2.33 bits per heavy atom. The number of nitrogens with zero attached hydrogens (tertiary/aromatic N) is 1. The fourth-order valence-electron chi connectivity index (χ4n) is 2.77. The maximum atomic E-state index is 9.99. The summed E-state index contributed by atoms with van der Waals surface area (Å²) in [5.74, 6) is 0.974. The van der Waals surface area contributed by atoms with Gasteiger partial charge in [-0.15, -0.1) is 0 Å². The highest BCUT2D eigenvalue weighted by Crippen LogP contribution is 2.32. The first-order valence-corrected chi connectivity index (χ1v) is 6.92. The number of nitrogens with two attached hydrogens (primary N) is 1. The molecule has 4 heteroatoms. The lowest BCUT2D eigenvalue weighted by molar-refractivity contribution is 0.131. The summed E-state index contributed by atoms with van der Waals surface area (Å²) in [5, 5.41) is 10.6. The average Bonchev–Trinajstić information content (AvgIpc) is 2.35. The van der Waals surface area contributed by atoms with Crippen LogP contribution in [0.25, 0.3) is 0 Å². The molecule has 3 N–H and O–H groups in total. The Morgan fingerprint density at radius 3 is 3.00 bits per heavy atom. The van der Waals surface area contributed by atoms with Gasteiger partial charge in [-0.05, 0) is 43.5 Å². The highest BCUT2D eigenvalue weighted by atomic mass is 35.5. The van der Waals surface area contributed by atoms with Crippen LogP contribution in [-0.2, 0) is 0 Å². The molecule has 18 heavy (non-hydrogen) atoms. The van der Waals surface area contributed by atoms with E-state index in [0.29, 0.717) is 17.5 Å². The van der Waals surface area contributed by atoms with Crippen LogP contribution in [0.1, 0.15) is 31.4 Å². The molecule has 1 aromatic carbocycles. The number of likely N-dealkylation sites (tertiary alicyclic amines) is 1. The van der Waals surface area contributed by atoms with Crippen molar-refractivity contribution in [3.63, 3.8) is 0 Å². The third-order valence-electron chi connectivity index (χ3n) is 3.70. The molecule has 2 unspecified atom stereocenters. The Kier molecular flexibility index (Phi) is 4.49. The summed E-state index contributed by atoms with van der Waals surface area (Å²) in [6, 6.07) is 5.24. The Balaban J connectivity index is 2.24. The molecule has 0 amide bonds. The van der Waals surface area contributed by atoms with Gasteiger partial charge in [0.1, 0.15) is 5.75 Å². The number of phenols is 1. The average molecular weight is 269 g/mol. The predicted molar refractivity (Wildman–Crippen MR) is 74.9 cm³/mol. The maximum Gasteiger partial charge on any atom is 0.120 e. The zero-order chi connectivity index (χ0) is 13.1. The maximum absolute atomic E-state index is 9.99. The molecular weight excluding hydrogens is 248 g/mol. The van der Waals surface area contributed by atoms with Gasteiger partial charge < -0.3 is 10.8 Å². The molecule has 0 spiro atoms. The molecule has 0 saturated carbocycles. The Bertz CT molecular complexity index is 411. The number of halogens is 1. The van der Waals surface area contributed by atoms with E-state index >= 15 is 0 Å². The van der Waals surface area contributed by atoms with Crippen molar-refractivity contribution in [2.75, 3.05) is 19.6 Å². The van der Waals surface area contributed by atoms with Crippen LogP contribution < -0.4 is 5.73 Å². The molecule has 3 nitrogen and oxygen atoms in total. The lowest BCUT2D eigenvalue weighted by Gasteiger charge is -2.37. The van der Waals surface area contributed by atoms with Crippen LogP contribution in [0, 0.1) is 5.92 Å². The minimum Gasteiger partial charge on any atom is -0.508 e. The van der Waals surface area contributed by atoms with Crippen LogP contribution in [0.2, 0.25) is 5.02 Å². The number of benzene rings is 1. The molecule has 100 valence electrons. The van der Waals surface area contributed by atoms with Gasteiger partial charge in [-0.25, -0.2) is 0 Å². The number of piperidine rings is 1. The smallest absolute Gasteiger partial charge is 0.120 e. The van der Waals surface area contributed by atoms with Gasteiger partial charge in [-0.1, -0.05) is 18.5 Å². The summed E-state index contributed by atoms with van der Waals surface area (Å²) >= 11 is 6.02. The van der Waals surface area contributed by atoms with Gasteiger partial charge in [0.25, 0.3) is 0 Å². The van der Waals surface area contributed by atoms with Crippen LogP contribution in [0.3, 0.4) is 0 Å². The fourth-order valence-corrected chi connectivity index (χ4v) is 2.95. The minimum absolute atomic E-state index is 0.0615. The molecule has 1 fully saturated rings. The third kappa shape index (κ3) is 2.97. The van der Waals surface area contributed by atoms with Crippen LogP contribution >= 0.6 is 11.6 Å². The van der Waals surface area contributed by atoms with Crippen molar-refractivity contribution in [2.45, 2.75) is 25.8 Å². The summed E-state index contributed by atoms with van der Waals surface area (Å²) in [5.41, 5.74) is 6.75. The summed E-state index contributed by atoms with van der Waals surface area (Å²) < 4.78 is 0. The van der Waals surface area contributed by atoms with Crippen LogP contribution in [-0.4, -0.2) is 29.6 Å². The van der Waals surface area contributed by atoms with Crippen LogP contribution in [0.4, 0.5) is 0 Å². The van der Waals surface area contributed by atoms with Crippen molar-refractivity contribution in [2.24, 2.45) is 11.7 Å². The van der Waals surface area contributed by atoms with Gasteiger partial charge in [0.2, 0.25) is 0 Å². The molecule has 0 aromatic heterocycles. The Labute approximate surface area is 114 Å². The number of phenolic OH excluding ortho intramolecular Hbond substituents is 1. The highest BCUT2D eigenvalue weighted by molar-refractivity contribution is 6.30. The van der Waals surface area contributed by atoms with Crippen molar-refractivity contribution in [1.82, 2.24) is 4.90 Å². The standard InChI is InChI=1S/C14H21ClN2O/c1-10-3-2-6-17(9-10)13(8-16)12-7-11(15)4-5-14(12)18/h4-5,7,10,13,18H,2-3,6,8-9,16H2,1H3. The van der Waals surface area contributed by atoms with E-state index in [1.807, 2.05) is 6.07 Å². The zero-order valence-electron chi connectivity index (χ0n) is 10.8. The van der Waals surface area contributed by atoms with Crippen molar-refractivity contribution >= 4 is 11.6 Å². The molecule has 1 aromatic rings. The largest absolute Gasteiger partial charge is 0.508 e. The van der Waals surface area contributed by atoms with E-state index in [1.165, 1.54) is 12.8 Å². The fraction of sp³-hybridized carbons (Fsp3) is 0.571. The third-order valence-corrected chi connectivity index (χ3v) is 3.94. The first-order chi connectivity index (χ1) is 8.61. The number of hydrogen-bond donors (Lipinski definition) is 2. The van der Waals surface area contributed by atoms with Crippen molar-refractivity contribution < 1.29 is 5.11 Å². The lowest BCUT2D eigenvalue weighted by Crippen LogP contribution is -2.40. The monoisotopic (exact) mass is 268 g/mol.